The summed E-state index contributed by atoms with van der Waals surface area (Å²) in [6, 6.07) is 5.77. The average Bonchev–Trinajstić information content (AvgIpc) is 3.02. The van der Waals surface area contributed by atoms with Crippen LogP contribution in [0.2, 0.25) is 5.02 Å². The molecule has 3 rings (SSSR count). The summed E-state index contributed by atoms with van der Waals surface area (Å²) in [5, 5.41) is 0.722. The molecule has 0 aromatic heterocycles. The molecule has 0 N–H and O–H groups in total. The predicted octanol–water partition coefficient (Wildman–Crippen LogP) is 4.52. The Labute approximate surface area is 120 Å². The van der Waals surface area contributed by atoms with Gasteiger partial charge in [0.15, 0.2) is 0 Å². The van der Waals surface area contributed by atoms with E-state index in [-0.39, 0.29) is 11.7 Å². The molecule has 1 spiro atoms. The maximum atomic E-state index is 6.24. The molecule has 104 valence electrons. The summed E-state index contributed by atoms with van der Waals surface area (Å²) in [5.74, 6) is 0.878. The number of benzene rings is 1. The van der Waals surface area contributed by atoms with Gasteiger partial charge in [-0.05, 0) is 50.3 Å². The molecule has 2 fully saturated rings. The van der Waals surface area contributed by atoms with Gasteiger partial charge in [-0.15, -0.1) is 0 Å². The Morgan fingerprint density at radius 1 is 1.32 bits per heavy atom. The smallest absolute Gasteiger partial charge is 0.123 e. The van der Waals surface area contributed by atoms with Crippen LogP contribution in [0.1, 0.15) is 44.1 Å². The molecule has 1 aromatic carbocycles. The summed E-state index contributed by atoms with van der Waals surface area (Å²) < 4.78 is 12.1. The highest BCUT2D eigenvalue weighted by molar-refractivity contribution is 6.30. The average molecular weight is 281 g/mol. The Hall–Kier alpha value is -0.730. The van der Waals surface area contributed by atoms with Crippen molar-refractivity contribution < 1.29 is 9.47 Å². The quantitative estimate of drug-likeness (QED) is 0.810. The molecule has 1 aromatic rings. The minimum Gasteiger partial charge on any atom is -0.491 e. The zero-order valence-corrected chi connectivity index (χ0v) is 12.2. The molecular formula is C16H21ClO2. The Kier molecular flexibility index (Phi) is 3.72. The standard InChI is InChI=1S/C16H21ClO2/c1-12-4-5-13(17)10-15(12)18-11-14-6-9-16(19-14)7-2-3-8-16/h4-5,10,14H,2-3,6-9,11H2,1H3. The second-order valence-corrected chi connectivity index (χ2v) is 6.33. The van der Waals surface area contributed by atoms with E-state index in [1.165, 1.54) is 32.1 Å². The number of ether oxygens (including phenoxy) is 2. The van der Waals surface area contributed by atoms with Crippen LogP contribution >= 0.6 is 11.6 Å². The van der Waals surface area contributed by atoms with Crippen molar-refractivity contribution in [2.45, 2.75) is 57.2 Å². The molecule has 1 aliphatic carbocycles. The van der Waals surface area contributed by atoms with Gasteiger partial charge < -0.3 is 9.47 Å². The first kappa shape index (κ1) is 13.3. The summed E-state index contributed by atoms with van der Waals surface area (Å²) in [6.45, 7) is 2.68. The fourth-order valence-electron chi connectivity index (χ4n) is 3.31. The number of hydrogen-bond donors (Lipinski definition) is 0. The highest BCUT2D eigenvalue weighted by Gasteiger charge is 2.42. The van der Waals surface area contributed by atoms with E-state index < -0.39 is 0 Å². The van der Waals surface area contributed by atoms with Gasteiger partial charge >= 0.3 is 0 Å². The normalized spacial score (nSPS) is 25.1. The molecule has 1 saturated carbocycles. The highest BCUT2D eigenvalue weighted by atomic mass is 35.5. The van der Waals surface area contributed by atoms with Crippen molar-refractivity contribution in [3.63, 3.8) is 0 Å². The van der Waals surface area contributed by atoms with Crippen LogP contribution < -0.4 is 4.74 Å². The lowest BCUT2D eigenvalue weighted by molar-refractivity contribution is -0.0509. The van der Waals surface area contributed by atoms with Gasteiger partial charge in [0, 0.05) is 5.02 Å². The predicted molar refractivity (Wildman–Crippen MR) is 77.0 cm³/mol. The second-order valence-electron chi connectivity index (χ2n) is 5.89. The third kappa shape index (κ3) is 2.90. The Balaban J connectivity index is 1.57. The first-order chi connectivity index (χ1) is 9.17. The first-order valence-electron chi connectivity index (χ1n) is 7.24. The maximum absolute atomic E-state index is 6.24. The lowest BCUT2D eigenvalue weighted by Crippen LogP contribution is -2.27. The van der Waals surface area contributed by atoms with Gasteiger partial charge in [-0.3, -0.25) is 0 Å². The first-order valence-corrected chi connectivity index (χ1v) is 7.61. The SMILES string of the molecule is Cc1ccc(Cl)cc1OCC1CCC2(CCCC2)O1. The van der Waals surface area contributed by atoms with Gasteiger partial charge in [-0.25, -0.2) is 0 Å². The highest BCUT2D eigenvalue weighted by Crippen LogP contribution is 2.43. The van der Waals surface area contributed by atoms with E-state index in [1.807, 2.05) is 25.1 Å². The molecule has 3 heteroatoms. The molecule has 2 nitrogen and oxygen atoms in total. The third-order valence-corrected chi connectivity index (χ3v) is 4.66. The molecule has 1 atom stereocenters. The van der Waals surface area contributed by atoms with E-state index in [0.29, 0.717) is 6.61 Å². The van der Waals surface area contributed by atoms with Crippen LogP contribution in [0.5, 0.6) is 5.75 Å². The van der Waals surface area contributed by atoms with Crippen molar-refractivity contribution in [2.24, 2.45) is 0 Å². The van der Waals surface area contributed by atoms with E-state index in [4.69, 9.17) is 21.1 Å². The number of rotatable bonds is 3. The summed E-state index contributed by atoms with van der Waals surface area (Å²) >= 11 is 6.00. The van der Waals surface area contributed by atoms with Gasteiger partial charge in [0.05, 0.1) is 11.7 Å². The van der Waals surface area contributed by atoms with Crippen molar-refractivity contribution in [3.05, 3.63) is 28.8 Å². The molecule has 2 aliphatic rings. The molecule has 0 radical (unpaired) electrons. The molecule has 1 heterocycles. The van der Waals surface area contributed by atoms with Gasteiger partial charge in [-0.2, -0.15) is 0 Å². The Bertz CT molecular complexity index is 452. The lowest BCUT2D eigenvalue weighted by atomic mass is 9.98. The number of hydrogen-bond acceptors (Lipinski definition) is 2. The van der Waals surface area contributed by atoms with E-state index >= 15 is 0 Å². The fourth-order valence-corrected chi connectivity index (χ4v) is 3.47. The molecule has 19 heavy (non-hydrogen) atoms. The second kappa shape index (κ2) is 5.34. The Morgan fingerprint density at radius 2 is 2.11 bits per heavy atom. The van der Waals surface area contributed by atoms with E-state index in [1.54, 1.807) is 0 Å². The summed E-state index contributed by atoms with van der Waals surface area (Å²) in [7, 11) is 0. The fraction of sp³-hybridized carbons (Fsp3) is 0.625. The van der Waals surface area contributed by atoms with Crippen molar-refractivity contribution in [1.82, 2.24) is 0 Å². The molecule has 1 unspecified atom stereocenters. The van der Waals surface area contributed by atoms with E-state index in [9.17, 15) is 0 Å². The van der Waals surface area contributed by atoms with Gasteiger partial charge in [0.25, 0.3) is 0 Å². The molecule has 1 aliphatic heterocycles. The van der Waals surface area contributed by atoms with Gasteiger partial charge in [-0.1, -0.05) is 30.5 Å². The van der Waals surface area contributed by atoms with Gasteiger partial charge in [0.2, 0.25) is 0 Å². The Morgan fingerprint density at radius 3 is 2.89 bits per heavy atom. The van der Waals surface area contributed by atoms with Crippen LogP contribution in [0.15, 0.2) is 18.2 Å². The molecule has 0 bridgehead atoms. The summed E-state index contributed by atoms with van der Waals surface area (Å²) in [6.07, 6.45) is 7.69. The van der Waals surface area contributed by atoms with Crippen molar-refractivity contribution in [3.8, 4) is 5.75 Å². The molecule has 0 amide bonds. The van der Waals surface area contributed by atoms with Gasteiger partial charge in [0.1, 0.15) is 12.4 Å². The zero-order valence-electron chi connectivity index (χ0n) is 11.5. The van der Waals surface area contributed by atoms with Crippen LogP contribution in [-0.4, -0.2) is 18.3 Å². The van der Waals surface area contributed by atoms with Crippen molar-refractivity contribution in [1.29, 1.82) is 0 Å². The van der Waals surface area contributed by atoms with Crippen LogP contribution in [0.3, 0.4) is 0 Å². The molecular weight excluding hydrogens is 260 g/mol. The number of halogens is 1. The number of aryl methyl sites for hydroxylation is 1. The van der Waals surface area contributed by atoms with Crippen molar-refractivity contribution in [2.75, 3.05) is 6.61 Å². The monoisotopic (exact) mass is 280 g/mol. The molecule has 1 saturated heterocycles. The minimum atomic E-state index is 0.192. The lowest BCUT2D eigenvalue weighted by Gasteiger charge is -2.24. The largest absolute Gasteiger partial charge is 0.491 e. The van der Waals surface area contributed by atoms with Crippen LogP contribution in [0.25, 0.3) is 0 Å². The summed E-state index contributed by atoms with van der Waals surface area (Å²) in [5.41, 5.74) is 1.31. The van der Waals surface area contributed by atoms with Crippen LogP contribution in [-0.2, 0) is 4.74 Å². The van der Waals surface area contributed by atoms with Crippen molar-refractivity contribution >= 4 is 11.6 Å². The summed E-state index contributed by atoms with van der Waals surface area (Å²) in [4.78, 5) is 0. The van der Waals surface area contributed by atoms with E-state index in [0.717, 1.165) is 22.8 Å². The minimum absolute atomic E-state index is 0.192. The topological polar surface area (TPSA) is 18.5 Å². The van der Waals surface area contributed by atoms with Crippen LogP contribution in [0, 0.1) is 6.92 Å². The third-order valence-electron chi connectivity index (χ3n) is 4.43. The van der Waals surface area contributed by atoms with Crippen LogP contribution in [0.4, 0.5) is 0 Å². The maximum Gasteiger partial charge on any atom is 0.123 e. The zero-order chi connectivity index (χ0) is 13.3. The van der Waals surface area contributed by atoms with E-state index in [2.05, 4.69) is 0 Å².